The van der Waals surface area contributed by atoms with Gasteiger partial charge in [-0.05, 0) is 31.5 Å². The van der Waals surface area contributed by atoms with Crippen molar-refractivity contribution in [2.75, 3.05) is 13.1 Å². The second-order valence-electron chi connectivity index (χ2n) is 3.64. The fraction of sp³-hybridized carbons (Fsp3) is 0.600. The van der Waals surface area contributed by atoms with Gasteiger partial charge in [-0.2, -0.15) is 10.2 Å². The highest BCUT2D eigenvalue weighted by Crippen LogP contribution is 2.03. The maximum atomic E-state index is 4.01. The minimum Gasteiger partial charge on any atom is -0.313 e. The van der Waals surface area contributed by atoms with E-state index in [2.05, 4.69) is 20.8 Å². The molecule has 1 aliphatic rings. The number of rotatable bonds is 4. The normalized spacial score (nSPS) is 21.3. The first kappa shape index (κ1) is 9.55. The fourth-order valence-electron chi connectivity index (χ4n) is 1.73. The Morgan fingerprint density at radius 1 is 1.57 bits per heavy atom. The smallest absolute Gasteiger partial charge is 0.0768 e. The van der Waals surface area contributed by atoms with Crippen molar-refractivity contribution in [1.29, 1.82) is 0 Å². The number of hydrogen-bond acceptors (Lipinski definition) is 4. The van der Waals surface area contributed by atoms with Crippen molar-refractivity contribution in [3.8, 4) is 0 Å². The third kappa shape index (κ3) is 2.75. The van der Waals surface area contributed by atoms with Crippen molar-refractivity contribution < 1.29 is 0 Å². The predicted octanol–water partition coefficient (Wildman–Crippen LogP) is 0.318. The maximum Gasteiger partial charge on any atom is 0.0768 e. The van der Waals surface area contributed by atoms with E-state index in [-0.39, 0.29) is 0 Å². The van der Waals surface area contributed by atoms with Crippen molar-refractivity contribution in [2.24, 2.45) is 0 Å². The Morgan fingerprint density at radius 2 is 2.57 bits per heavy atom. The van der Waals surface area contributed by atoms with Crippen molar-refractivity contribution in [1.82, 2.24) is 20.8 Å². The number of nitrogens with zero attached hydrogens (tertiary/aromatic N) is 2. The topological polar surface area (TPSA) is 49.8 Å². The first-order valence-electron chi connectivity index (χ1n) is 5.16. The van der Waals surface area contributed by atoms with E-state index in [1.54, 1.807) is 6.20 Å². The van der Waals surface area contributed by atoms with Crippen LogP contribution in [0.15, 0.2) is 18.3 Å². The summed E-state index contributed by atoms with van der Waals surface area (Å²) in [4.78, 5) is 0. The van der Waals surface area contributed by atoms with Crippen LogP contribution in [0.2, 0.25) is 0 Å². The van der Waals surface area contributed by atoms with E-state index in [4.69, 9.17) is 0 Å². The molecule has 1 unspecified atom stereocenters. The van der Waals surface area contributed by atoms with E-state index in [9.17, 15) is 0 Å². The van der Waals surface area contributed by atoms with Crippen LogP contribution in [0, 0.1) is 0 Å². The first-order chi connectivity index (χ1) is 6.95. The molecule has 0 aliphatic carbocycles. The lowest BCUT2D eigenvalue weighted by Gasteiger charge is -2.10. The van der Waals surface area contributed by atoms with E-state index >= 15 is 0 Å². The van der Waals surface area contributed by atoms with Gasteiger partial charge in [0.25, 0.3) is 0 Å². The van der Waals surface area contributed by atoms with Crippen molar-refractivity contribution in [2.45, 2.75) is 25.4 Å². The molecule has 2 heterocycles. The molecular formula is C10H16N4. The van der Waals surface area contributed by atoms with E-state index in [0.29, 0.717) is 6.04 Å². The van der Waals surface area contributed by atoms with Gasteiger partial charge < -0.3 is 10.6 Å². The monoisotopic (exact) mass is 192 g/mol. The summed E-state index contributed by atoms with van der Waals surface area (Å²) in [7, 11) is 0. The van der Waals surface area contributed by atoms with Gasteiger partial charge in [-0.3, -0.25) is 0 Å². The molecule has 1 fully saturated rings. The average molecular weight is 192 g/mol. The summed E-state index contributed by atoms with van der Waals surface area (Å²) in [5.74, 6) is 0. The number of aromatic nitrogens is 2. The summed E-state index contributed by atoms with van der Waals surface area (Å²) in [6.45, 7) is 3.00. The molecule has 2 rings (SSSR count). The summed E-state index contributed by atoms with van der Waals surface area (Å²) in [5, 5.41) is 14.7. The van der Waals surface area contributed by atoms with Crippen LogP contribution in [0.25, 0.3) is 0 Å². The lowest BCUT2D eigenvalue weighted by atomic mass is 10.2. The lowest BCUT2D eigenvalue weighted by Crippen LogP contribution is -2.33. The molecule has 0 amide bonds. The first-order valence-corrected chi connectivity index (χ1v) is 5.16. The molecule has 76 valence electrons. The van der Waals surface area contributed by atoms with Gasteiger partial charge in [-0.15, -0.1) is 0 Å². The molecule has 0 spiro atoms. The van der Waals surface area contributed by atoms with Crippen molar-refractivity contribution in [3.05, 3.63) is 24.0 Å². The molecule has 2 N–H and O–H groups in total. The molecule has 1 aromatic rings. The summed E-state index contributed by atoms with van der Waals surface area (Å²) < 4.78 is 0. The van der Waals surface area contributed by atoms with E-state index in [0.717, 1.165) is 25.3 Å². The Morgan fingerprint density at radius 3 is 3.29 bits per heavy atom. The third-order valence-corrected chi connectivity index (χ3v) is 2.49. The Labute approximate surface area is 84.1 Å². The van der Waals surface area contributed by atoms with Gasteiger partial charge in [-0.25, -0.2) is 0 Å². The zero-order valence-corrected chi connectivity index (χ0v) is 8.24. The third-order valence-electron chi connectivity index (χ3n) is 2.49. The Bertz CT molecular complexity index is 256. The molecular weight excluding hydrogens is 176 g/mol. The molecule has 1 aliphatic heterocycles. The quantitative estimate of drug-likeness (QED) is 0.721. The van der Waals surface area contributed by atoms with Gasteiger partial charge in [0.2, 0.25) is 0 Å². The highest BCUT2D eigenvalue weighted by molar-refractivity contribution is 4.98. The Kier molecular flexibility index (Phi) is 3.43. The van der Waals surface area contributed by atoms with Crippen LogP contribution in [-0.4, -0.2) is 29.3 Å². The van der Waals surface area contributed by atoms with Gasteiger partial charge in [-0.1, -0.05) is 0 Å². The number of hydrogen-bond donors (Lipinski definition) is 2. The van der Waals surface area contributed by atoms with Crippen LogP contribution in [0.3, 0.4) is 0 Å². The zero-order valence-electron chi connectivity index (χ0n) is 8.24. The van der Waals surface area contributed by atoms with Crippen LogP contribution in [0.4, 0.5) is 0 Å². The SMILES string of the molecule is c1cnnc(CNCC2CCCN2)c1. The molecule has 0 aromatic carbocycles. The van der Waals surface area contributed by atoms with Crippen LogP contribution in [0.1, 0.15) is 18.5 Å². The van der Waals surface area contributed by atoms with E-state index in [1.807, 2.05) is 12.1 Å². The van der Waals surface area contributed by atoms with Crippen LogP contribution < -0.4 is 10.6 Å². The van der Waals surface area contributed by atoms with E-state index < -0.39 is 0 Å². The second kappa shape index (κ2) is 5.02. The second-order valence-corrected chi connectivity index (χ2v) is 3.64. The molecule has 1 aromatic heterocycles. The Hall–Kier alpha value is -1.00. The van der Waals surface area contributed by atoms with Crippen molar-refractivity contribution >= 4 is 0 Å². The molecule has 0 radical (unpaired) electrons. The van der Waals surface area contributed by atoms with Crippen LogP contribution >= 0.6 is 0 Å². The summed E-state index contributed by atoms with van der Waals surface area (Å²) >= 11 is 0. The van der Waals surface area contributed by atoms with Crippen molar-refractivity contribution in [3.63, 3.8) is 0 Å². The minimum absolute atomic E-state index is 0.645. The van der Waals surface area contributed by atoms with Crippen LogP contribution in [-0.2, 0) is 6.54 Å². The highest BCUT2D eigenvalue weighted by Gasteiger charge is 2.12. The zero-order chi connectivity index (χ0) is 9.64. The van der Waals surface area contributed by atoms with E-state index in [1.165, 1.54) is 12.8 Å². The molecule has 14 heavy (non-hydrogen) atoms. The summed E-state index contributed by atoms with van der Waals surface area (Å²) in [6, 6.07) is 4.55. The highest BCUT2D eigenvalue weighted by atomic mass is 15.1. The average Bonchev–Trinajstić information content (AvgIpc) is 2.72. The standard InChI is InChI=1S/C10H16N4/c1-3-9(12-5-1)7-11-8-10-4-2-6-13-14-10/h2,4,6,9,11-12H,1,3,5,7-8H2. The molecule has 1 saturated heterocycles. The molecule has 4 nitrogen and oxygen atoms in total. The van der Waals surface area contributed by atoms with Gasteiger partial charge in [0, 0.05) is 25.3 Å². The summed E-state index contributed by atoms with van der Waals surface area (Å²) in [5.41, 5.74) is 1.01. The molecule has 0 saturated carbocycles. The molecule has 4 heteroatoms. The van der Waals surface area contributed by atoms with Gasteiger partial charge in [0.1, 0.15) is 0 Å². The van der Waals surface area contributed by atoms with Gasteiger partial charge >= 0.3 is 0 Å². The molecule has 0 bridgehead atoms. The Balaban J connectivity index is 1.67. The van der Waals surface area contributed by atoms with Gasteiger partial charge in [0.15, 0.2) is 0 Å². The van der Waals surface area contributed by atoms with Crippen LogP contribution in [0.5, 0.6) is 0 Å². The largest absolute Gasteiger partial charge is 0.313 e. The number of nitrogens with one attached hydrogen (secondary N) is 2. The maximum absolute atomic E-state index is 4.01. The van der Waals surface area contributed by atoms with Gasteiger partial charge in [0.05, 0.1) is 5.69 Å². The predicted molar refractivity (Wildman–Crippen MR) is 54.8 cm³/mol. The lowest BCUT2D eigenvalue weighted by molar-refractivity contribution is 0.531. The fourth-order valence-corrected chi connectivity index (χ4v) is 1.73. The minimum atomic E-state index is 0.645. The molecule has 1 atom stereocenters. The summed E-state index contributed by atoms with van der Waals surface area (Å²) in [6.07, 6.45) is 4.28.